The lowest BCUT2D eigenvalue weighted by Gasteiger charge is -2.23. The third-order valence-corrected chi connectivity index (χ3v) is 5.65. The molecule has 24 heavy (non-hydrogen) atoms. The largest absolute Gasteiger partial charge is 0.507 e. The van der Waals surface area contributed by atoms with Crippen molar-refractivity contribution in [1.82, 2.24) is 4.40 Å². The van der Waals surface area contributed by atoms with Crippen molar-refractivity contribution in [3.05, 3.63) is 58.4 Å². The second-order valence-corrected chi connectivity index (χ2v) is 6.96. The predicted octanol–water partition coefficient (Wildman–Crippen LogP) is 4.80. The van der Waals surface area contributed by atoms with E-state index in [0.717, 1.165) is 52.9 Å². The van der Waals surface area contributed by atoms with E-state index in [2.05, 4.69) is 0 Å². The van der Waals surface area contributed by atoms with Crippen LogP contribution in [0.1, 0.15) is 43.6 Å². The van der Waals surface area contributed by atoms with Crippen molar-refractivity contribution in [2.45, 2.75) is 38.0 Å². The standard InChI is InChI=1S/C21H19NO2/c23-20-16-11-6-10-15-14-9-4-5-12-17(14)22(19(15)16)21(24)18(20)13-7-2-1-3-8-13/h4-6,9-13,23H,1-3,7-8H2. The zero-order chi connectivity index (χ0) is 16.3. The van der Waals surface area contributed by atoms with Crippen molar-refractivity contribution in [2.24, 2.45) is 0 Å². The van der Waals surface area contributed by atoms with Gasteiger partial charge < -0.3 is 5.11 Å². The van der Waals surface area contributed by atoms with Crippen LogP contribution in [0.5, 0.6) is 5.75 Å². The summed E-state index contributed by atoms with van der Waals surface area (Å²) in [7, 11) is 0. The average Bonchev–Trinajstić information content (AvgIpc) is 2.96. The number of fused-ring (bicyclic) bond motifs is 3. The molecule has 0 unspecified atom stereocenters. The Hall–Kier alpha value is -2.55. The van der Waals surface area contributed by atoms with E-state index in [-0.39, 0.29) is 17.2 Å². The highest BCUT2D eigenvalue weighted by molar-refractivity contribution is 6.15. The summed E-state index contributed by atoms with van der Waals surface area (Å²) in [4.78, 5) is 13.3. The van der Waals surface area contributed by atoms with Crippen LogP contribution in [0.2, 0.25) is 0 Å². The minimum Gasteiger partial charge on any atom is -0.507 e. The van der Waals surface area contributed by atoms with Gasteiger partial charge in [-0.3, -0.25) is 9.20 Å². The number of hydrogen-bond acceptors (Lipinski definition) is 2. The fourth-order valence-corrected chi connectivity index (χ4v) is 4.55. The molecule has 0 radical (unpaired) electrons. The summed E-state index contributed by atoms with van der Waals surface area (Å²) in [6.45, 7) is 0. The van der Waals surface area contributed by atoms with Crippen molar-refractivity contribution >= 4 is 27.2 Å². The summed E-state index contributed by atoms with van der Waals surface area (Å²) >= 11 is 0. The maximum absolute atomic E-state index is 13.3. The minimum atomic E-state index is -0.0377. The molecule has 2 aromatic carbocycles. The quantitative estimate of drug-likeness (QED) is 0.548. The van der Waals surface area contributed by atoms with E-state index in [1.54, 1.807) is 0 Å². The maximum Gasteiger partial charge on any atom is 0.262 e. The molecule has 3 nitrogen and oxygen atoms in total. The monoisotopic (exact) mass is 317 g/mol. The van der Waals surface area contributed by atoms with Crippen LogP contribution in [0, 0.1) is 0 Å². The number of rotatable bonds is 1. The Morgan fingerprint density at radius 2 is 1.58 bits per heavy atom. The first-order chi connectivity index (χ1) is 11.8. The summed E-state index contributed by atoms with van der Waals surface area (Å²) in [6, 6.07) is 13.9. The molecule has 0 saturated heterocycles. The van der Waals surface area contributed by atoms with Gasteiger partial charge in [0, 0.05) is 16.2 Å². The van der Waals surface area contributed by atoms with E-state index in [0.29, 0.717) is 5.56 Å². The first kappa shape index (κ1) is 13.8. The lowest BCUT2D eigenvalue weighted by Crippen LogP contribution is -2.22. The molecule has 0 bridgehead atoms. The molecule has 0 amide bonds. The van der Waals surface area contributed by atoms with E-state index in [4.69, 9.17) is 0 Å². The molecule has 0 atom stereocenters. The lowest BCUT2D eigenvalue weighted by molar-refractivity contribution is 0.413. The molecule has 5 rings (SSSR count). The van der Waals surface area contributed by atoms with Crippen LogP contribution >= 0.6 is 0 Å². The molecule has 2 heterocycles. The third-order valence-electron chi connectivity index (χ3n) is 5.65. The van der Waals surface area contributed by atoms with Gasteiger partial charge in [0.2, 0.25) is 0 Å². The van der Waals surface area contributed by atoms with Crippen molar-refractivity contribution in [3.63, 3.8) is 0 Å². The molecule has 120 valence electrons. The van der Waals surface area contributed by atoms with Crippen LogP contribution in [0.25, 0.3) is 27.2 Å². The van der Waals surface area contributed by atoms with E-state index in [1.807, 2.05) is 46.9 Å². The van der Waals surface area contributed by atoms with E-state index >= 15 is 0 Å². The Labute approximate surface area is 139 Å². The summed E-state index contributed by atoms with van der Waals surface area (Å²) < 4.78 is 1.82. The number of benzene rings is 2. The Morgan fingerprint density at radius 1 is 0.875 bits per heavy atom. The molecule has 1 aliphatic rings. The van der Waals surface area contributed by atoms with Crippen LogP contribution < -0.4 is 5.56 Å². The van der Waals surface area contributed by atoms with Crippen LogP contribution in [-0.4, -0.2) is 9.51 Å². The summed E-state index contributed by atoms with van der Waals surface area (Å²) in [6.07, 6.45) is 5.49. The Kier molecular flexibility index (Phi) is 2.87. The van der Waals surface area contributed by atoms with Gasteiger partial charge in [-0.25, -0.2) is 0 Å². The normalized spacial score (nSPS) is 16.5. The smallest absolute Gasteiger partial charge is 0.262 e. The molecular formula is C21H19NO2. The topological polar surface area (TPSA) is 41.7 Å². The molecular weight excluding hydrogens is 298 g/mol. The molecule has 1 aliphatic carbocycles. The maximum atomic E-state index is 13.3. The second kappa shape index (κ2) is 4.97. The van der Waals surface area contributed by atoms with Crippen molar-refractivity contribution in [1.29, 1.82) is 0 Å². The van der Waals surface area contributed by atoms with Gasteiger partial charge in [0.15, 0.2) is 0 Å². The summed E-state index contributed by atoms with van der Waals surface area (Å²) in [5.41, 5.74) is 2.37. The Balaban J connectivity index is 1.99. The van der Waals surface area contributed by atoms with Crippen LogP contribution in [-0.2, 0) is 0 Å². The molecule has 2 aromatic heterocycles. The predicted molar refractivity (Wildman–Crippen MR) is 97.4 cm³/mol. The van der Waals surface area contributed by atoms with Gasteiger partial charge in [-0.1, -0.05) is 49.6 Å². The number of hydrogen-bond donors (Lipinski definition) is 1. The fraction of sp³-hybridized carbons (Fsp3) is 0.286. The van der Waals surface area contributed by atoms with Crippen LogP contribution in [0.3, 0.4) is 0 Å². The first-order valence-electron chi connectivity index (χ1n) is 8.78. The van der Waals surface area contributed by atoms with Gasteiger partial charge in [-0.05, 0) is 30.9 Å². The zero-order valence-corrected chi connectivity index (χ0v) is 13.5. The molecule has 4 aromatic rings. The van der Waals surface area contributed by atoms with Crippen molar-refractivity contribution in [3.8, 4) is 5.75 Å². The highest BCUT2D eigenvalue weighted by Gasteiger charge is 2.26. The molecule has 0 aliphatic heterocycles. The minimum absolute atomic E-state index is 0.0377. The first-order valence-corrected chi connectivity index (χ1v) is 8.78. The van der Waals surface area contributed by atoms with Gasteiger partial charge >= 0.3 is 0 Å². The highest BCUT2D eigenvalue weighted by atomic mass is 16.3. The number of nitrogens with zero attached hydrogens (tertiary/aromatic N) is 1. The summed E-state index contributed by atoms with van der Waals surface area (Å²) in [5, 5.41) is 13.8. The van der Waals surface area contributed by atoms with Gasteiger partial charge in [-0.2, -0.15) is 0 Å². The van der Waals surface area contributed by atoms with Gasteiger partial charge in [0.25, 0.3) is 5.56 Å². The molecule has 1 fully saturated rings. The van der Waals surface area contributed by atoms with Gasteiger partial charge in [0.05, 0.1) is 16.6 Å². The van der Waals surface area contributed by atoms with Crippen molar-refractivity contribution in [2.75, 3.05) is 0 Å². The van der Waals surface area contributed by atoms with E-state index in [1.165, 1.54) is 6.42 Å². The molecule has 3 heteroatoms. The average molecular weight is 317 g/mol. The van der Waals surface area contributed by atoms with Crippen molar-refractivity contribution < 1.29 is 5.11 Å². The molecule has 1 N–H and O–H groups in total. The van der Waals surface area contributed by atoms with E-state index < -0.39 is 0 Å². The van der Waals surface area contributed by atoms with Crippen LogP contribution in [0.15, 0.2) is 47.3 Å². The molecule has 0 spiro atoms. The second-order valence-electron chi connectivity index (χ2n) is 6.96. The number of para-hydroxylation sites is 2. The fourth-order valence-electron chi connectivity index (χ4n) is 4.55. The Morgan fingerprint density at radius 3 is 2.42 bits per heavy atom. The number of aromatic hydroxyl groups is 1. The SMILES string of the molecule is O=c1c(C2CCCCC2)c(O)c2cccc3c4ccccc4n1c23. The number of pyridine rings is 1. The van der Waals surface area contributed by atoms with Gasteiger partial charge in [0.1, 0.15) is 5.75 Å². The highest BCUT2D eigenvalue weighted by Crippen LogP contribution is 2.41. The zero-order valence-electron chi connectivity index (χ0n) is 13.5. The van der Waals surface area contributed by atoms with Crippen LogP contribution in [0.4, 0.5) is 0 Å². The molecule has 1 saturated carbocycles. The number of aromatic nitrogens is 1. The summed E-state index contributed by atoms with van der Waals surface area (Å²) in [5.74, 6) is 0.378. The van der Waals surface area contributed by atoms with Gasteiger partial charge in [-0.15, -0.1) is 0 Å². The van der Waals surface area contributed by atoms with E-state index in [9.17, 15) is 9.90 Å². The lowest BCUT2D eigenvalue weighted by atomic mass is 9.83. The Bertz CT molecular complexity index is 1120. The third kappa shape index (κ3) is 1.70.